The standard InChI is InChI=1S/C20H24N6O5/c1-10-16-13(24-25-19(21)22)8-20(2,3)9-15(16)31-17(10)18(27)23-12-6-5-11(30-4)7-14(12)26(28)29/h5-7H,8-9H2,1-4H3,(H,23,27)(H4,21,22,25)/b24-13-. The number of nitrogens with one attached hydrogen (secondary N) is 1. The summed E-state index contributed by atoms with van der Waals surface area (Å²) in [6.07, 6.45) is 1.17. The molecular weight excluding hydrogens is 404 g/mol. The van der Waals surface area contributed by atoms with Crippen LogP contribution in [0.15, 0.2) is 32.8 Å². The first-order valence-electron chi connectivity index (χ1n) is 9.44. The highest BCUT2D eigenvalue weighted by molar-refractivity contribution is 6.10. The molecule has 1 aromatic carbocycles. The van der Waals surface area contributed by atoms with E-state index in [0.29, 0.717) is 41.2 Å². The molecule has 0 spiro atoms. The average molecular weight is 428 g/mol. The Labute approximate surface area is 178 Å². The molecule has 0 atom stereocenters. The van der Waals surface area contributed by atoms with E-state index in [1.54, 1.807) is 6.92 Å². The van der Waals surface area contributed by atoms with Gasteiger partial charge in [-0.15, -0.1) is 5.10 Å². The number of furan rings is 1. The maximum absolute atomic E-state index is 13.0. The van der Waals surface area contributed by atoms with E-state index < -0.39 is 10.8 Å². The molecule has 0 unspecified atom stereocenters. The van der Waals surface area contributed by atoms with Crippen LogP contribution in [0.5, 0.6) is 5.75 Å². The number of nitrogens with two attached hydrogens (primary N) is 2. The maximum Gasteiger partial charge on any atom is 0.296 e. The zero-order valence-electron chi connectivity index (χ0n) is 17.7. The number of guanidine groups is 1. The van der Waals surface area contributed by atoms with Crippen LogP contribution in [0.3, 0.4) is 0 Å². The van der Waals surface area contributed by atoms with Crippen molar-refractivity contribution in [3.05, 3.63) is 51.0 Å². The second kappa shape index (κ2) is 8.09. The van der Waals surface area contributed by atoms with Crippen LogP contribution in [0.4, 0.5) is 11.4 Å². The lowest BCUT2D eigenvalue weighted by Gasteiger charge is -2.29. The van der Waals surface area contributed by atoms with Crippen LogP contribution in [0.1, 0.15) is 47.7 Å². The number of amides is 1. The molecule has 11 nitrogen and oxygen atoms in total. The van der Waals surface area contributed by atoms with Gasteiger partial charge in [-0.2, -0.15) is 5.10 Å². The molecule has 11 heteroatoms. The smallest absolute Gasteiger partial charge is 0.296 e. The topological polar surface area (TPSA) is 171 Å². The minimum absolute atomic E-state index is 0.0271. The third-order valence-electron chi connectivity index (χ3n) is 4.94. The Kier molecular flexibility index (Phi) is 5.69. The number of benzene rings is 1. The van der Waals surface area contributed by atoms with Gasteiger partial charge in [0.1, 0.15) is 17.2 Å². The van der Waals surface area contributed by atoms with Crippen molar-refractivity contribution in [1.29, 1.82) is 0 Å². The van der Waals surface area contributed by atoms with Crippen LogP contribution in [-0.4, -0.2) is 29.6 Å². The van der Waals surface area contributed by atoms with Crippen LogP contribution in [0, 0.1) is 22.5 Å². The molecule has 0 aliphatic heterocycles. The SMILES string of the molecule is COc1ccc(NC(=O)c2oc3c(c2C)/C(=N\N=C(N)N)CC(C)(C)C3)c([N+](=O)[O-])c1. The predicted molar refractivity (Wildman–Crippen MR) is 115 cm³/mol. The number of nitro benzene ring substituents is 1. The van der Waals surface area contributed by atoms with Crippen molar-refractivity contribution in [1.82, 2.24) is 0 Å². The van der Waals surface area contributed by atoms with E-state index in [4.69, 9.17) is 20.6 Å². The fraction of sp³-hybridized carbons (Fsp3) is 0.350. The van der Waals surface area contributed by atoms with Gasteiger partial charge in [-0.25, -0.2) is 0 Å². The number of hydrogen-bond acceptors (Lipinski definition) is 7. The summed E-state index contributed by atoms with van der Waals surface area (Å²) in [4.78, 5) is 23.8. The van der Waals surface area contributed by atoms with Crippen LogP contribution in [0.25, 0.3) is 0 Å². The Morgan fingerprint density at radius 2 is 2.03 bits per heavy atom. The Morgan fingerprint density at radius 1 is 1.32 bits per heavy atom. The number of anilines is 1. The van der Waals surface area contributed by atoms with Gasteiger partial charge in [0.15, 0.2) is 5.76 Å². The van der Waals surface area contributed by atoms with Crippen molar-refractivity contribution in [3.8, 4) is 5.75 Å². The van der Waals surface area contributed by atoms with Crippen LogP contribution < -0.4 is 21.5 Å². The summed E-state index contributed by atoms with van der Waals surface area (Å²) in [7, 11) is 1.40. The Bertz CT molecular complexity index is 1110. The highest BCUT2D eigenvalue weighted by Crippen LogP contribution is 2.39. The van der Waals surface area contributed by atoms with E-state index in [0.717, 1.165) is 0 Å². The number of ether oxygens (including phenoxy) is 1. The van der Waals surface area contributed by atoms with Crippen molar-refractivity contribution >= 4 is 29.0 Å². The molecule has 0 saturated heterocycles. The number of methoxy groups -OCH3 is 1. The number of fused-ring (bicyclic) bond motifs is 1. The number of rotatable bonds is 5. The molecule has 0 radical (unpaired) electrons. The molecule has 3 rings (SSSR count). The summed E-state index contributed by atoms with van der Waals surface area (Å²) in [5.74, 6) is 0.151. The van der Waals surface area contributed by atoms with E-state index in [9.17, 15) is 14.9 Å². The van der Waals surface area contributed by atoms with Gasteiger partial charge in [0, 0.05) is 17.5 Å². The van der Waals surface area contributed by atoms with Crippen molar-refractivity contribution in [2.75, 3.05) is 12.4 Å². The Morgan fingerprint density at radius 3 is 2.65 bits per heavy atom. The third-order valence-corrected chi connectivity index (χ3v) is 4.94. The molecule has 1 aliphatic rings. The van der Waals surface area contributed by atoms with E-state index in [-0.39, 0.29) is 28.5 Å². The maximum atomic E-state index is 13.0. The first-order chi connectivity index (χ1) is 14.5. The van der Waals surface area contributed by atoms with Gasteiger partial charge in [0.05, 0.1) is 23.8 Å². The molecule has 1 amide bonds. The zero-order valence-corrected chi connectivity index (χ0v) is 17.7. The highest BCUT2D eigenvalue weighted by atomic mass is 16.6. The number of nitro groups is 1. The van der Waals surface area contributed by atoms with Crippen LogP contribution >= 0.6 is 0 Å². The zero-order chi connectivity index (χ0) is 22.9. The third kappa shape index (κ3) is 4.49. The molecular formula is C20H24N6O5. The van der Waals surface area contributed by atoms with E-state index in [1.165, 1.54) is 25.3 Å². The van der Waals surface area contributed by atoms with Gasteiger partial charge in [-0.3, -0.25) is 14.9 Å². The lowest BCUT2D eigenvalue weighted by atomic mass is 9.75. The number of nitrogens with zero attached hydrogens (tertiary/aromatic N) is 3. The molecule has 2 aromatic rings. The average Bonchev–Trinajstić information content (AvgIpc) is 3.01. The number of carbonyl (C=O) groups is 1. The van der Waals surface area contributed by atoms with Crippen molar-refractivity contribution in [2.45, 2.75) is 33.6 Å². The first-order valence-corrected chi connectivity index (χ1v) is 9.44. The molecule has 1 heterocycles. The molecule has 1 aliphatic carbocycles. The molecule has 0 bridgehead atoms. The van der Waals surface area contributed by atoms with Gasteiger partial charge in [0.25, 0.3) is 11.6 Å². The van der Waals surface area contributed by atoms with Gasteiger partial charge in [0.2, 0.25) is 5.96 Å². The monoisotopic (exact) mass is 428 g/mol. The minimum atomic E-state index is -0.612. The summed E-state index contributed by atoms with van der Waals surface area (Å²) in [6.45, 7) is 5.81. The molecule has 0 fully saturated rings. The quantitative estimate of drug-likeness (QED) is 0.284. The summed E-state index contributed by atoms with van der Waals surface area (Å²) in [5, 5.41) is 21.9. The lowest BCUT2D eigenvalue weighted by Crippen LogP contribution is -2.27. The molecule has 5 N–H and O–H groups in total. The van der Waals surface area contributed by atoms with E-state index in [2.05, 4.69) is 15.5 Å². The van der Waals surface area contributed by atoms with Gasteiger partial charge >= 0.3 is 0 Å². The van der Waals surface area contributed by atoms with Crippen LogP contribution in [-0.2, 0) is 6.42 Å². The highest BCUT2D eigenvalue weighted by Gasteiger charge is 2.36. The summed E-state index contributed by atoms with van der Waals surface area (Å²) < 4.78 is 10.9. The van der Waals surface area contributed by atoms with Crippen LogP contribution in [0.2, 0.25) is 0 Å². The fourth-order valence-corrected chi connectivity index (χ4v) is 3.61. The van der Waals surface area contributed by atoms with Crippen molar-refractivity contribution in [2.24, 2.45) is 27.1 Å². The number of carbonyl (C=O) groups excluding carboxylic acids is 1. The summed E-state index contributed by atoms with van der Waals surface area (Å²) in [5.41, 5.74) is 12.2. The Balaban J connectivity index is 2.01. The molecule has 0 saturated carbocycles. The molecule has 1 aromatic heterocycles. The number of hydrogen-bond donors (Lipinski definition) is 3. The van der Waals surface area contributed by atoms with Gasteiger partial charge in [-0.1, -0.05) is 13.8 Å². The fourth-order valence-electron chi connectivity index (χ4n) is 3.61. The van der Waals surface area contributed by atoms with Crippen molar-refractivity contribution < 1.29 is 18.9 Å². The largest absolute Gasteiger partial charge is 0.496 e. The first kappa shape index (κ1) is 21.8. The predicted octanol–water partition coefficient (Wildman–Crippen LogP) is 2.71. The van der Waals surface area contributed by atoms with E-state index in [1.807, 2.05) is 13.8 Å². The second-order valence-electron chi connectivity index (χ2n) is 8.04. The van der Waals surface area contributed by atoms with Gasteiger partial charge < -0.3 is 25.9 Å². The second-order valence-corrected chi connectivity index (χ2v) is 8.04. The van der Waals surface area contributed by atoms with Gasteiger partial charge in [-0.05, 0) is 30.9 Å². The summed E-state index contributed by atoms with van der Waals surface area (Å²) >= 11 is 0. The minimum Gasteiger partial charge on any atom is -0.496 e. The molecule has 31 heavy (non-hydrogen) atoms. The summed E-state index contributed by atoms with van der Waals surface area (Å²) in [6, 6.07) is 4.16. The lowest BCUT2D eigenvalue weighted by molar-refractivity contribution is -0.384. The normalized spacial score (nSPS) is 15.8. The van der Waals surface area contributed by atoms with E-state index >= 15 is 0 Å². The Hall–Kier alpha value is -3.89. The molecule has 164 valence electrons. The van der Waals surface area contributed by atoms with Crippen molar-refractivity contribution in [3.63, 3.8) is 0 Å².